The molecule has 0 spiro atoms. The van der Waals surface area contributed by atoms with Crippen molar-refractivity contribution in [2.75, 3.05) is 0 Å². The fourth-order valence-corrected chi connectivity index (χ4v) is 2.55. The van der Waals surface area contributed by atoms with E-state index in [0.717, 1.165) is 44.2 Å². The third-order valence-electron chi connectivity index (χ3n) is 3.66. The Labute approximate surface area is 115 Å². The van der Waals surface area contributed by atoms with Crippen molar-refractivity contribution in [1.29, 1.82) is 0 Å². The van der Waals surface area contributed by atoms with Crippen molar-refractivity contribution in [2.24, 2.45) is 0 Å². The zero-order valence-corrected chi connectivity index (χ0v) is 11.3. The number of benzene rings is 1. The van der Waals surface area contributed by atoms with Crippen molar-refractivity contribution in [3.63, 3.8) is 0 Å². The summed E-state index contributed by atoms with van der Waals surface area (Å²) in [5.41, 5.74) is 5.46. The van der Waals surface area contributed by atoms with E-state index >= 15 is 0 Å². The number of hydrogen-bond donors (Lipinski definition) is 0. The minimum atomic E-state index is 0.883. The van der Waals surface area contributed by atoms with Gasteiger partial charge in [0.1, 0.15) is 0 Å². The van der Waals surface area contributed by atoms with Crippen LogP contribution >= 0.6 is 0 Å². The smallest absolute Gasteiger partial charge is 0.0992 e. The first-order chi connectivity index (χ1) is 9.75. The van der Waals surface area contributed by atoms with Crippen molar-refractivity contribution in [3.8, 4) is 0 Å². The lowest BCUT2D eigenvalue weighted by Gasteiger charge is -2.09. The van der Waals surface area contributed by atoms with E-state index in [0.29, 0.717) is 0 Å². The maximum absolute atomic E-state index is 4.72. The fourth-order valence-electron chi connectivity index (χ4n) is 2.55. The van der Waals surface area contributed by atoms with Crippen molar-refractivity contribution < 1.29 is 0 Å². The van der Waals surface area contributed by atoms with Gasteiger partial charge in [-0.2, -0.15) is 0 Å². The van der Waals surface area contributed by atoms with Gasteiger partial charge < -0.3 is 0 Å². The molecule has 96 valence electrons. The SMILES string of the molecule is Cc1nc2c3cccnc3c3ncccc3c2nc1C. The molecule has 3 aromatic heterocycles. The summed E-state index contributed by atoms with van der Waals surface area (Å²) < 4.78 is 0. The molecule has 0 saturated heterocycles. The minimum Gasteiger partial charge on any atom is -0.254 e. The van der Waals surface area contributed by atoms with Gasteiger partial charge in [-0.3, -0.25) is 9.97 Å². The number of aryl methyl sites for hydroxylation is 2. The Morgan fingerprint density at radius 2 is 1.10 bits per heavy atom. The Hall–Kier alpha value is -2.62. The third kappa shape index (κ3) is 1.42. The molecule has 4 heteroatoms. The van der Waals surface area contributed by atoms with E-state index in [1.54, 1.807) is 12.4 Å². The molecule has 0 N–H and O–H groups in total. The molecule has 0 radical (unpaired) electrons. The van der Waals surface area contributed by atoms with E-state index in [-0.39, 0.29) is 0 Å². The molecule has 0 saturated carbocycles. The Balaban J connectivity index is 2.42. The van der Waals surface area contributed by atoms with Gasteiger partial charge in [0.15, 0.2) is 0 Å². The summed E-state index contributed by atoms with van der Waals surface area (Å²) in [6.45, 7) is 3.97. The van der Waals surface area contributed by atoms with Gasteiger partial charge in [0.05, 0.1) is 33.5 Å². The molecule has 0 aliphatic heterocycles. The Morgan fingerprint density at radius 1 is 0.650 bits per heavy atom. The molecule has 0 aliphatic rings. The van der Waals surface area contributed by atoms with E-state index in [1.165, 1.54) is 0 Å². The molecule has 4 nitrogen and oxygen atoms in total. The van der Waals surface area contributed by atoms with E-state index in [4.69, 9.17) is 9.97 Å². The molecule has 4 aromatic rings. The standard InChI is InChI=1S/C16H12N4/c1-9-10(2)20-16-12-6-4-8-18-14(12)13-11(15(16)19-9)5-3-7-17-13/h3-8H,1-2H3. The lowest BCUT2D eigenvalue weighted by Crippen LogP contribution is -1.97. The van der Waals surface area contributed by atoms with Gasteiger partial charge in [0.25, 0.3) is 0 Å². The maximum Gasteiger partial charge on any atom is 0.0992 e. The highest BCUT2D eigenvalue weighted by atomic mass is 14.8. The van der Waals surface area contributed by atoms with Crippen LogP contribution in [-0.2, 0) is 0 Å². The normalized spacial score (nSPS) is 11.5. The molecular formula is C16H12N4. The van der Waals surface area contributed by atoms with E-state index in [1.807, 2.05) is 38.1 Å². The van der Waals surface area contributed by atoms with Gasteiger partial charge in [0, 0.05) is 23.2 Å². The van der Waals surface area contributed by atoms with E-state index < -0.39 is 0 Å². The second-order valence-corrected chi connectivity index (χ2v) is 4.89. The Kier molecular flexibility index (Phi) is 2.21. The van der Waals surface area contributed by atoms with E-state index in [2.05, 4.69) is 9.97 Å². The largest absolute Gasteiger partial charge is 0.254 e. The number of aromatic nitrogens is 4. The molecule has 0 unspecified atom stereocenters. The number of fused-ring (bicyclic) bond motifs is 6. The van der Waals surface area contributed by atoms with Crippen LogP contribution in [0.3, 0.4) is 0 Å². The number of rotatable bonds is 0. The molecule has 20 heavy (non-hydrogen) atoms. The number of pyridine rings is 2. The van der Waals surface area contributed by atoms with Crippen LogP contribution in [0.4, 0.5) is 0 Å². The molecule has 0 atom stereocenters. The van der Waals surface area contributed by atoms with Crippen LogP contribution in [0.2, 0.25) is 0 Å². The summed E-state index contributed by atoms with van der Waals surface area (Å²) in [5.74, 6) is 0. The molecule has 0 aliphatic carbocycles. The first kappa shape index (κ1) is 11.2. The first-order valence-corrected chi connectivity index (χ1v) is 6.52. The summed E-state index contributed by atoms with van der Waals surface area (Å²) in [4.78, 5) is 18.4. The van der Waals surface area contributed by atoms with Gasteiger partial charge in [0.2, 0.25) is 0 Å². The van der Waals surface area contributed by atoms with Crippen LogP contribution in [-0.4, -0.2) is 19.9 Å². The predicted octanol–water partition coefficient (Wildman–Crippen LogP) is 3.34. The minimum absolute atomic E-state index is 0.883. The molecule has 4 rings (SSSR count). The van der Waals surface area contributed by atoms with Crippen molar-refractivity contribution in [2.45, 2.75) is 13.8 Å². The van der Waals surface area contributed by atoms with Crippen LogP contribution < -0.4 is 0 Å². The quantitative estimate of drug-likeness (QED) is 0.455. The number of hydrogen-bond acceptors (Lipinski definition) is 4. The first-order valence-electron chi connectivity index (χ1n) is 6.52. The average molecular weight is 260 g/mol. The molecular weight excluding hydrogens is 248 g/mol. The van der Waals surface area contributed by atoms with Gasteiger partial charge in [-0.25, -0.2) is 9.97 Å². The van der Waals surface area contributed by atoms with Gasteiger partial charge in [-0.05, 0) is 38.1 Å². The fraction of sp³-hybridized carbons (Fsp3) is 0.125. The zero-order valence-electron chi connectivity index (χ0n) is 11.3. The molecule has 3 heterocycles. The summed E-state index contributed by atoms with van der Waals surface area (Å²) in [6, 6.07) is 7.91. The topological polar surface area (TPSA) is 51.6 Å². The summed E-state index contributed by atoms with van der Waals surface area (Å²) in [7, 11) is 0. The summed E-state index contributed by atoms with van der Waals surface area (Å²) in [5, 5.41) is 2.01. The highest BCUT2D eigenvalue weighted by Crippen LogP contribution is 2.30. The lowest BCUT2D eigenvalue weighted by atomic mass is 10.1. The summed E-state index contributed by atoms with van der Waals surface area (Å²) >= 11 is 0. The number of nitrogens with zero attached hydrogens (tertiary/aromatic N) is 4. The highest BCUT2D eigenvalue weighted by Gasteiger charge is 2.13. The molecule has 1 aromatic carbocycles. The lowest BCUT2D eigenvalue weighted by molar-refractivity contribution is 1.11. The third-order valence-corrected chi connectivity index (χ3v) is 3.66. The Morgan fingerprint density at radius 3 is 1.55 bits per heavy atom. The van der Waals surface area contributed by atoms with Crippen LogP contribution in [0, 0.1) is 13.8 Å². The summed E-state index contributed by atoms with van der Waals surface area (Å²) in [6.07, 6.45) is 3.58. The average Bonchev–Trinajstić information content (AvgIpc) is 2.49. The maximum atomic E-state index is 4.72. The van der Waals surface area contributed by atoms with Crippen LogP contribution in [0.1, 0.15) is 11.4 Å². The second kappa shape index (κ2) is 3.93. The van der Waals surface area contributed by atoms with Gasteiger partial charge in [-0.15, -0.1) is 0 Å². The van der Waals surface area contributed by atoms with Crippen LogP contribution in [0.25, 0.3) is 32.8 Å². The van der Waals surface area contributed by atoms with Crippen molar-refractivity contribution in [3.05, 3.63) is 48.0 Å². The van der Waals surface area contributed by atoms with E-state index in [9.17, 15) is 0 Å². The van der Waals surface area contributed by atoms with Crippen molar-refractivity contribution in [1.82, 2.24) is 19.9 Å². The predicted molar refractivity (Wildman–Crippen MR) is 79.6 cm³/mol. The Bertz CT molecular complexity index is 896. The van der Waals surface area contributed by atoms with Crippen LogP contribution in [0.5, 0.6) is 0 Å². The highest BCUT2D eigenvalue weighted by molar-refractivity contribution is 6.20. The van der Waals surface area contributed by atoms with Gasteiger partial charge in [-0.1, -0.05) is 0 Å². The van der Waals surface area contributed by atoms with Gasteiger partial charge >= 0.3 is 0 Å². The monoisotopic (exact) mass is 260 g/mol. The molecule has 0 amide bonds. The van der Waals surface area contributed by atoms with Crippen LogP contribution in [0.15, 0.2) is 36.7 Å². The molecule has 0 bridgehead atoms. The van der Waals surface area contributed by atoms with Crippen molar-refractivity contribution >= 4 is 32.8 Å². The zero-order chi connectivity index (χ0) is 13.7. The second-order valence-electron chi connectivity index (χ2n) is 4.89. The molecule has 0 fully saturated rings.